The van der Waals surface area contributed by atoms with E-state index in [0.717, 1.165) is 49.9 Å². The van der Waals surface area contributed by atoms with Crippen LogP contribution in [0.3, 0.4) is 0 Å². The molecule has 3 aromatic heterocycles. The summed E-state index contributed by atoms with van der Waals surface area (Å²) in [6, 6.07) is 33.7. The molecule has 0 unspecified atom stereocenters. The van der Waals surface area contributed by atoms with E-state index in [1.807, 2.05) is 77.5 Å². The minimum Gasteiger partial charge on any atom is -0.457 e. The van der Waals surface area contributed by atoms with Crippen LogP contribution in [-0.4, -0.2) is 19.1 Å². The van der Waals surface area contributed by atoms with Crippen LogP contribution in [0, 0.1) is 22.7 Å². The van der Waals surface area contributed by atoms with E-state index in [-0.39, 0.29) is 5.41 Å². The number of imidazole rings is 1. The molecule has 7 rings (SSSR count). The third kappa shape index (κ3) is 4.45. The van der Waals surface area contributed by atoms with E-state index in [0.29, 0.717) is 22.6 Å². The Balaban J connectivity index is 1.41. The molecule has 0 aliphatic heterocycles. The number of hydrogen-bond acceptors (Lipinski definition) is 5. The Hall–Kier alpha value is -5.92. The Bertz CT molecular complexity index is 2290. The number of hydrogen-bond donors (Lipinski definition) is 0. The lowest BCUT2D eigenvalue weighted by Gasteiger charge is -2.20. The molecular weight excluding hydrogens is 532 g/mol. The van der Waals surface area contributed by atoms with Crippen molar-refractivity contribution in [1.29, 1.82) is 10.5 Å². The van der Waals surface area contributed by atoms with Gasteiger partial charge in [0.25, 0.3) is 0 Å². The minimum atomic E-state index is -0.0629. The zero-order chi connectivity index (χ0) is 29.7. The predicted molar refractivity (Wildman–Crippen MR) is 168 cm³/mol. The number of rotatable bonds is 4. The monoisotopic (exact) mass is 558 g/mol. The highest BCUT2D eigenvalue weighted by Gasteiger charge is 2.20. The average molecular weight is 559 g/mol. The molecule has 0 spiro atoms. The van der Waals surface area contributed by atoms with Gasteiger partial charge in [0.1, 0.15) is 23.6 Å². The number of pyridine rings is 1. The summed E-state index contributed by atoms with van der Waals surface area (Å²) in [4.78, 5) is 9.24. The molecule has 0 radical (unpaired) electrons. The van der Waals surface area contributed by atoms with Crippen LogP contribution in [0.2, 0.25) is 0 Å². The molecule has 7 nitrogen and oxygen atoms in total. The maximum absolute atomic E-state index is 10.3. The number of fused-ring (bicyclic) bond motifs is 4. The molecule has 0 bridgehead atoms. The molecule has 0 aliphatic carbocycles. The van der Waals surface area contributed by atoms with Crippen molar-refractivity contribution in [3.05, 3.63) is 120 Å². The average Bonchev–Trinajstić information content (AvgIpc) is 3.59. The molecule has 0 fully saturated rings. The number of nitrogens with zero attached hydrogens (tertiary/aromatic N) is 6. The Kier molecular flexibility index (Phi) is 5.97. The highest BCUT2D eigenvalue weighted by atomic mass is 16.5. The second kappa shape index (κ2) is 9.87. The van der Waals surface area contributed by atoms with Gasteiger partial charge in [-0.15, -0.1) is 0 Å². The van der Waals surface area contributed by atoms with Gasteiger partial charge >= 0.3 is 0 Å². The van der Waals surface area contributed by atoms with Gasteiger partial charge in [-0.3, -0.25) is 9.13 Å². The minimum absolute atomic E-state index is 0.0629. The quantitative estimate of drug-likeness (QED) is 0.216. The summed E-state index contributed by atoms with van der Waals surface area (Å²) in [6.07, 6.45) is 3.57. The number of nitriles is 2. The molecule has 0 saturated heterocycles. The van der Waals surface area contributed by atoms with E-state index in [4.69, 9.17) is 9.72 Å². The van der Waals surface area contributed by atoms with Gasteiger partial charge in [-0.05, 0) is 59.5 Å². The second-order valence-corrected chi connectivity index (χ2v) is 11.5. The smallest absolute Gasteiger partial charge is 0.137 e. The zero-order valence-corrected chi connectivity index (χ0v) is 23.9. The molecule has 4 aromatic carbocycles. The van der Waals surface area contributed by atoms with Gasteiger partial charge in [0, 0.05) is 29.1 Å². The van der Waals surface area contributed by atoms with E-state index in [2.05, 4.69) is 48.5 Å². The van der Waals surface area contributed by atoms with E-state index in [1.54, 1.807) is 24.5 Å². The van der Waals surface area contributed by atoms with Gasteiger partial charge in [0.05, 0.1) is 51.0 Å². The molecular formula is C36H26N6O. The van der Waals surface area contributed by atoms with Crippen molar-refractivity contribution in [1.82, 2.24) is 19.1 Å². The van der Waals surface area contributed by atoms with Crippen molar-refractivity contribution >= 4 is 32.8 Å². The summed E-state index contributed by atoms with van der Waals surface area (Å²) in [5.41, 5.74) is 6.32. The maximum atomic E-state index is 10.3. The molecule has 43 heavy (non-hydrogen) atoms. The zero-order valence-electron chi connectivity index (χ0n) is 23.9. The van der Waals surface area contributed by atoms with E-state index < -0.39 is 0 Å². The van der Waals surface area contributed by atoms with Crippen LogP contribution in [0.1, 0.15) is 37.5 Å². The highest BCUT2D eigenvalue weighted by molar-refractivity contribution is 6.12. The van der Waals surface area contributed by atoms with Gasteiger partial charge in [0.15, 0.2) is 0 Å². The normalized spacial score (nSPS) is 11.6. The molecule has 0 aliphatic rings. The van der Waals surface area contributed by atoms with Crippen LogP contribution in [0.5, 0.6) is 11.5 Å². The predicted octanol–water partition coefficient (Wildman–Crippen LogP) is 8.35. The fourth-order valence-electron chi connectivity index (χ4n) is 5.62. The van der Waals surface area contributed by atoms with Crippen LogP contribution < -0.4 is 4.74 Å². The van der Waals surface area contributed by atoms with Crippen molar-refractivity contribution in [2.75, 3.05) is 0 Å². The molecule has 0 saturated carbocycles. The van der Waals surface area contributed by atoms with Crippen LogP contribution in [0.4, 0.5) is 0 Å². The van der Waals surface area contributed by atoms with Crippen molar-refractivity contribution in [3.8, 4) is 35.1 Å². The Morgan fingerprint density at radius 1 is 0.744 bits per heavy atom. The lowest BCUT2D eigenvalue weighted by atomic mass is 9.88. The largest absolute Gasteiger partial charge is 0.457 e. The number of ether oxygens (including phenoxy) is 1. The number of benzene rings is 4. The maximum Gasteiger partial charge on any atom is 0.137 e. The lowest BCUT2D eigenvalue weighted by Crippen LogP contribution is -2.12. The molecule has 7 heteroatoms. The van der Waals surface area contributed by atoms with Crippen molar-refractivity contribution in [3.63, 3.8) is 0 Å². The SMILES string of the molecule is CC(C)(C)c1ccnc(-n2c3ccccc3c3c(C#N)cc(Oc4cc(C#N)cc(-n5cnc6ccccc65)c4)cc32)c1. The Morgan fingerprint density at radius 3 is 2.30 bits per heavy atom. The van der Waals surface area contributed by atoms with Crippen molar-refractivity contribution < 1.29 is 4.74 Å². The van der Waals surface area contributed by atoms with Gasteiger partial charge in [-0.25, -0.2) is 9.97 Å². The highest BCUT2D eigenvalue weighted by Crippen LogP contribution is 2.38. The van der Waals surface area contributed by atoms with Crippen molar-refractivity contribution in [2.45, 2.75) is 26.2 Å². The van der Waals surface area contributed by atoms with Crippen LogP contribution in [-0.2, 0) is 5.41 Å². The molecule has 0 amide bonds. The van der Waals surface area contributed by atoms with Crippen LogP contribution in [0.15, 0.2) is 104 Å². The summed E-state index contributed by atoms with van der Waals surface area (Å²) in [6.45, 7) is 6.52. The topological polar surface area (TPSA) is 92.5 Å². The Morgan fingerprint density at radius 2 is 1.51 bits per heavy atom. The summed E-state index contributed by atoms with van der Waals surface area (Å²) in [5, 5.41) is 21.9. The van der Waals surface area contributed by atoms with E-state index in [9.17, 15) is 10.5 Å². The van der Waals surface area contributed by atoms with Crippen molar-refractivity contribution in [2.24, 2.45) is 0 Å². The first kappa shape index (κ1) is 26.0. The number of para-hydroxylation sites is 3. The summed E-state index contributed by atoms with van der Waals surface area (Å²) < 4.78 is 10.4. The van der Waals surface area contributed by atoms with Gasteiger partial charge in [-0.1, -0.05) is 51.1 Å². The van der Waals surface area contributed by atoms with Gasteiger partial charge < -0.3 is 4.74 Å². The lowest BCUT2D eigenvalue weighted by molar-refractivity contribution is 0.482. The fourth-order valence-corrected chi connectivity index (χ4v) is 5.62. The van der Waals surface area contributed by atoms with Gasteiger partial charge in [-0.2, -0.15) is 10.5 Å². The Labute approximate surface area is 248 Å². The van der Waals surface area contributed by atoms with Crippen LogP contribution >= 0.6 is 0 Å². The van der Waals surface area contributed by atoms with Crippen LogP contribution in [0.25, 0.3) is 44.3 Å². The first-order valence-corrected chi connectivity index (χ1v) is 13.9. The molecule has 0 N–H and O–H groups in total. The molecule has 7 aromatic rings. The molecule has 206 valence electrons. The molecule has 3 heterocycles. The van der Waals surface area contributed by atoms with E-state index >= 15 is 0 Å². The first-order chi connectivity index (χ1) is 20.8. The number of aromatic nitrogens is 4. The van der Waals surface area contributed by atoms with E-state index in [1.165, 1.54) is 0 Å². The van der Waals surface area contributed by atoms with Gasteiger partial charge in [0.2, 0.25) is 0 Å². The summed E-state index contributed by atoms with van der Waals surface area (Å²) >= 11 is 0. The fraction of sp³-hybridized carbons (Fsp3) is 0.111. The molecule has 0 atom stereocenters. The standard InChI is InChI=1S/C36H26N6O/c1-36(2,3)25-12-13-39-34(17-25)42-31-10-6-4-8-29(31)35-24(21-38)16-28(19-33(35)42)43-27-15-23(20-37)14-26(18-27)41-22-40-30-9-5-7-11-32(30)41/h4-19,22H,1-3H3. The first-order valence-electron chi connectivity index (χ1n) is 13.9. The second-order valence-electron chi connectivity index (χ2n) is 11.5. The summed E-state index contributed by atoms with van der Waals surface area (Å²) in [7, 11) is 0. The summed E-state index contributed by atoms with van der Waals surface area (Å²) in [5.74, 6) is 1.72. The third-order valence-electron chi connectivity index (χ3n) is 7.70. The third-order valence-corrected chi connectivity index (χ3v) is 7.70.